The molecule has 1 aromatic heterocycles. The van der Waals surface area contributed by atoms with E-state index in [1.807, 2.05) is 24.4 Å². The van der Waals surface area contributed by atoms with Gasteiger partial charge >= 0.3 is 0 Å². The summed E-state index contributed by atoms with van der Waals surface area (Å²) >= 11 is 0. The fourth-order valence-electron chi connectivity index (χ4n) is 3.98. The lowest BCUT2D eigenvalue weighted by atomic mass is 10.1. The number of halogens is 1. The van der Waals surface area contributed by atoms with E-state index in [1.54, 1.807) is 12.1 Å². The van der Waals surface area contributed by atoms with Gasteiger partial charge in [-0.3, -0.25) is 10.00 Å². The molecule has 5 rings (SSSR count). The summed E-state index contributed by atoms with van der Waals surface area (Å²) in [5.41, 5.74) is 4.16. The standard InChI is InChI=1S/C22H23FN4O3/c1-28-20-11-17(3-4-18(20)23)27-8-6-26(7-9-27)13-16-12-24-25-22(16)15-2-5-19-21(10-15)30-14-29-19/h2-5,10-12H,6-9,13-14H2,1H3,(H,24,25). The fourth-order valence-corrected chi connectivity index (χ4v) is 3.98. The van der Waals surface area contributed by atoms with Gasteiger partial charge in [0.2, 0.25) is 6.79 Å². The predicted molar refractivity (Wildman–Crippen MR) is 111 cm³/mol. The number of H-pyrrole nitrogens is 1. The second-order valence-electron chi connectivity index (χ2n) is 7.42. The van der Waals surface area contributed by atoms with Gasteiger partial charge in [-0.25, -0.2) is 4.39 Å². The molecule has 0 spiro atoms. The van der Waals surface area contributed by atoms with Gasteiger partial charge in [-0.15, -0.1) is 0 Å². The minimum absolute atomic E-state index is 0.263. The minimum Gasteiger partial charge on any atom is -0.494 e. The van der Waals surface area contributed by atoms with Crippen molar-refractivity contribution < 1.29 is 18.6 Å². The van der Waals surface area contributed by atoms with Crippen LogP contribution in [0.4, 0.5) is 10.1 Å². The smallest absolute Gasteiger partial charge is 0.231 e. The highest BCUT2D eigenvalue weighted by molar-refractivity contribution is 5.67. The van der Waals surface area contributed by atoms with E-state index in [9.17, 15) is 4.39 Å². The number of fused-ring (bicyclic) bond motifs is 1. The van der Waals surface area contributed by atoms with Crippen LogP contribution < -0.4 is 19.1 Å². The van der Waals surface area contributed by atoms with Crippen LogP contribution in [0, 0.1) is 5.82 Å². The molecule has 0 radical (unpaired) electrons. The number of rotatable bonds is 5. The maximum absolute atomic E-state index is 13.7. The van der Waals surface area contributed by atoms with Gasteiger partial charge in [0.15, 0.2) is 23.1 Å². The second-order valence-corrected chi connectivity index (χ2v) is 7.42. The Morgan fingerprint density at radius 3 is 2.73 bits per heavy atom. The molecule has 0 bridgehead atoms. The number of hydrogen-bond acceptors (Lipinski definition) is 6. The molecular weight excluding hydrogens is 387 g/mol. The van der Waals surface area contributed by atoms with Crippen LogP contribution in [-0.2, 0) is 6.54 Å². The molecule has 0 amide bonds. The Kier molecular flexibility index (Phi) is 4.92. The van der Waals surface area contributed by atoms with Crippen LogP contribution in [0.1, 0.15) is 5.56 Å². The summed E-state index contributed by atoms with van der Waals surface area (Å²) in [5.74, 6) is 1.47. The first kappa shape index (κ1) is 18.7. The van der Waals surface area contributed by atoms with Gasteiger partial charge in [-0.05, 0) is 30.3 Å². The van der Waals surface area contributed by atoms with E-state index in [-0.39, 0.29) is 18.4 Å². The third-order valence-electron chi connectivity index (χ3n) is 5.65. The molecule has 2 aromatic carbocycles. The van der Waals surface area contributed by atoms with Gasteiger partial charge < -0.3 is 19.1 Å². The Balaban J connectivity index is 1.25. The first-order chi connectivity index (χ1) is 14.7. The summed E-state index contributed by atoms with van der Waals surface area (Å²) in [6, 6.07) is 11.0. The number of ether oxygens (including phenoxy) is 3. The predicted octanol–water partition coefficient (Wildman–Crippen LogP) is 3.28. The molecule has 3 heterocycles. The molecule has 1 fully saturated rings. The molecule has 0 aliphatic carbocycles. The zero-order valence-electron chi connectivity index (χ0n) is 16.7. The van der Waals surface area contributed by atoms with Crippen molar-refractivity contribution in [3.63, 3.8) is 0 Å². The molecule has 3 aromatic rings. The number of aromatic amines is 1. The highest BCUT2D eigenvalue weighted by Crippen LogP contribution is 2.36. The summed E-state index contributed by atoms with van der Waals surface area (Å²) in [7, 11) is 1.49. The number of hydrogen-bond donors (Lipinski definition) is 1. The third kappa shape index (κ3) is 3.54. The van der Waals surface area contributed by atoms with Crippen LogP contribution in [0.5, 0.6) is 17.2 Å². The summed E-state index contributed by atoms with van der Waals surface area (Å²) in [6.45, 7) is 4.62. The van der Waals surface area contributed by atoms with Crippen molar-refractivity contribution >= 4 is 5.69 Å². The highest BCUT2D eigenvalue weighted by atomic mass is 19.1. The summed E-state index contributed by atoms with van der Waals surface area (Å²) in [5, 5.41) is 7.39. The number of nitrogens with zero attached hydrogens (tertiary/aromatic N) is 3. The lowest BCUT2D eigenvalue weighted by Crippen LogP contribution is -2.46. The van der Waals surface area contributed by atoms with Gasteiger partial charge in [0.25, 0.3) is 0 Å². The molecule has 7 nitrogen and oxygen atoms in total. The van der Waals surface area contributed by atoms with E-state index >= 15 is 0 Å². The van der Waals surface area contributed by atoms with Crippen molar-refractivity contribution in [2.24, 2.45) is 0 Å². The minimum atomic E-state index is -0.337. The Labute approximate surface area is 174 Å². The van der Waals surface area contributed by atoms with Crippen molar-refractivity contribution in [1.29, 1.82) is 0 Å². The maximum Gasteiger partial charge on any atom is 0.231 e. The highest BCUT2D eigenvalue weighted by Gasteiger charge is 2.21. The normalized spacial score (nSPS) is 16.1. The number of nitrogens with one attached hydrogen (secondary N) is 1. The van der Waals surface area contributed by atoms with E-state index in [0.717, 1.165) is 66.7 Å². The topological polar surface area (TPSA) is 62.9 Å². The molecule has 1 N–H and O–H groups in total. The molecule has 30 heavy (non-hydrogen) atoms. The average Bonchev–Trinajstić information content (AvgIpc) is 3.43. The van der Waals surface area contributed by atoms with Crippen molar-refractivity contribution in [3.8, 4) is 28.5 Å². The molecule has 1 saturated heterocycles. The Hall–Kier alpha value is -3.26. The monoisotopic (exact) mass is 410 g/mol. The molecule has 2 aliphatic rings. The number of methoxy groups -OCH3 is 1. The van der Waals surface area contributed by atoms with Crippen molar-refractivity contribution in [1.82, 2.24) is 15.1 Å². The van der Waals surface area contributed by atoms with E-state index in [4.69, 9.17) is 14.2 Å². The van der Waals surface area contributed by atoms with Crippen LogP contribution in [0.25, 0.3) is 11.3 Å². The number of anilines is 1. The molecule has 8 heteroatoms. The van der Waals surface area contributed by atoms with Gasteiger partial charge in [0.05, 0.1) is 19.0 Å². The molecule has 0 unspecified atom stereocenters. The molecule has 156 valence electrons. The molecule has 2 aliphatic heterocycles. The van der Waals surface area contributed by atoms with Crippen LogP contribution in [0.15, 0.2) is 42.6 Å². The number of benzene rings is 2. The third-order valence-corrected chi connectivity index (χ3v) is 5.65. The van der Waals surface area contributed by atoms with Crippen molar-refractivity contribution in [3.05, 3.63) is 54.0 Å². The van der Waals surface area contributed by atoms with Gasteiger partial charge in [0.1, 0.15) is 0 Å². The summed E-state index contributed by atoms with van der Waals surface area (Å²) in [4.78, 5) is 4.66. The zero-order valence-corrected chi connectivity index (χ0v) is 16.7. The molecular formula is C22H23FN4O3. The van der Waals surface area contributed by atoms with Crippen LogP contribution in [-0.4, -0.2) is 55.2 Å². The zero-order chi connectivity index (χ0) is 20.5. The van der Waals surface area contributed by atoms with Gasteiger partial charge in [-0.1, -0.05) is 0 Å². The van der Waals surface area contributed by atoms with Gasteiger partial charge in [0, 0.05) is 55.6 Å². The van der Waals surface area contributed by atoms with Crippen LogP contribution in [0.3, 0.4) is 0 Å². The number of piperazine rings is 1. The van der Waals surface area contributed by atoms with Crippen LogP contribution in [0.2, 0.25) is 0 Å². The quantitative estimate of drug-likeness (QED) is 0.697. The van der Waals surface area contributed by atoms with E-state index in [1.165, 1.54) is 13.2 Å². The first-order valence-electron chi connectivity index (χ1n) is 9.94. The lowest BCUT2D eigenvalue weighted by Gasteiger charge is -2.36. The fraction of sp³-hybridized carbons (Fsp3) is 0.318. The number of aromatic nitrogens is 2. The SMILES string of the molecule is COc1cc(N2CCN(Cc3cn[nH]c3-c3ccc4c(c3)OCO4)CC2)ccc1F. The Morgan fingerprint density at radius 2 is 1.90 bits per heavy atom. The first-order valence-corrected chi connectivity index (χ1v) is 9.94. The largest absolute Gasteiger partial charge is 0.494 e. The lowest BCUT2D eigenvalue weighted by molar-refractivity contribution is 0.174. The second kappa shape index (κ2) is 7.87. The van der Waals surface area contributed by atoms with E-state index < -0.39 is 0 Å². The summed E-state index contributed by atoms with van der Waals surface area (Å²) in [6.07, 6.45) is 1.89. The van der Waals surface area contributed by atoms with E-state index in [0.29, 0.717) is 0 Å². The maximum atomic E-state index is 13.7. The van der Waals surface area contributed by atoms with Crippen molar-refractivity contribution in [2.45, 2.75) is 6.54 Å². The van der Waals surface area contributed by atoms with Crippen molar-refractivity contribution in [2.75, 3.05) is 45.0 Å². The molecule has 0 atom stereocenters. The Morgan fingerprint density at radius 1 is 1.07 bits per heavy atom. The van der Waals surface area contributed by atoms with Gasteiger partial charge in [-0.2, -0.15) is 5.10 Å². The summed E-state index contributed by atoms with van der Waals surface area (Å²) < 4.78 is 29.7. The van der Waals surface area contributed by atoms with E-state index in [2.05, 4.69) is 20.0 Å². The average molecular weight is 410 g/mol. The molecule has 0 saturated carbocycles. The van der Waals surface area contributed by atoms with Crippen LogP contribution >= 0.6 is 0 Å². The Bertz CT molecular complexity index is 1050.